The fourth-order valence-corrected chi connectivity index (χ4v) is 5.66. The maximum absolute atomic E-state index is 5.29. The Bertz CT molecular complexity index is 2100. The van der Waals surface area contributed by atoms with Crippen molar-refractivity contribution in [3.8, 4) is 22.5 Å². The van der Waals surface area contributed by atoms with Crippen molar-refractivity contribution in [1.29, 1.82) is 0 Å². The highest BCUT2D eigenvalue weighted by molar-refractivity contribution is 6.14. The predicted molar refractivity (Wildman–Crippen MR) is 156 cm³/mol. The minimum absolute atomic E-state index is 0.914. The summed E-state index contributed by atoms with van der Waals surface area (Å²) < 4.78 is 4.59. The van der Waals surface area contributed by atoms with Crippen molar-refractivity contribution < 1.29 is 0 Å². The van der Waals surface area contributed by atoms with Crippen LogP contribution in [0.5, 0.6) is 0 Å². The summed E-state index contributed by atoms with van der Waals surface area (Å²) >= 11 is 0. The Morgan fingerprint density at radius 3 is 1.84 bits per heavy atom. The van der Waals surface area contributed by atoms with Gasteiger partial charge in [0.2, 0.25) is 0 Å². The van der Waals surface area contributed by atoms with Crippen molar-refractivity contribution >= 4 is 44.0 Å². The van der Waals surface area contributed by atoms with E-state index in [1.54, 1.807) is 0 Å². The van der Waals surface area contributed by atoms with Crippen molar-refractivity contribution in [2.75, 3.05) is 0 Å². The topological polar surface area (TPSA) is 35.6 Å². The van der Waals surface area contributed by atoms with E-state index in [4.69, 9.17) is 9.97 Å². The molecule has 0 spiro atoms. The van der Waals surface area contributed by atoms with Gasteiger partial charge in [0.1, 0.15) is 11.0 Å². The van der Waals surface area contributed by atoms with Crippen LogP contribution in [0.15, 0.2) is 134 Å². The van der Waals surface area contributed by atoms with E-state index in [0.717, 1.165) is 55.4 Å². The van der Waals surface area contributed by atoms with Gasteiger partial charge in [0.05, 0.1) is 27.6 Å². The molecule has 0 saturated heterocycles. The molecule has 8 rings (SSSR count). The fraction of sp³-hybridized carbons (Fsp3) is 0. The van der Waals surface area contributed by atoms with Crippen LogP contribution in [0.25, 0.3) is 66.5 Å². The van der Waals surface area contributed by atoms with Crippen LogP contribution in [0.3, 0.4) is 0 Å². The van der Waals surface area contributed by atoms with Gasteiger partial charge in [0, 0.05) is 23.0 Å². The van der Waals surface area contributed by atoms with Crippen molar-refractivity contribution in [3.05, 3.63) is 134 Å². The molecule has 0 saturated carbocycles. The van der Waals surface area contributed by atoms with Gasteiger partial charge in [-0.15, -0.1) is 0 Å². The number of hydrogen-bond acceptors (Lipinski definition) is 2. The third-order valence-electron chi connectivity index (χ3n) is 7.36. The average molecular weight is 487 g/mol. The van der Waals surface area contributed by atoms with Gasteiger partial charge in [0.15, 0.2) is 0 Å². The van der Waals surface area contributed by atoms with Gasteiger partial charge in [0.25, 0.3) is 0 Å². The van der Waals surface area contributed by atoms with Gasteiger partial charge in [-0.05, 0) is 59.7 Å². The van der Waals surface area contributed by atoms with Gasteiger partial charge < -0.3 is 9.13 Å². The van der Waals surface area contributed by atoms with Crippen LogP contribution in [0.1, 0.15) is 0 Å². The fourth-order valence-electron chi connectivity index (χ4n) is 5.66. The molecule has 4 heterocycles. The van der Waals surface area contributed by atoms with Crippen molar-refractivity contribution in [2.24, 2.45) is 0 Å². The largest absolute Gasteiger partial charge is 0.308 e. The van der Waals surface area contributed by atoms with Gasteiger partial charge in [-0.2, -0.15) is 0 Å². The van der Waals surface area contributed by atoms with Crippen molar-refractivity contribution in [3.63, 3.8) is 0 Å². The molecule has 0 unspecified atom stereocenters. The molecule has 4 aromatic heterocycles. The Morgan fingerprint density at radius 2 is 1.03 bits per heavy atom. The van der Waals surface area contributed by atoms with Crippen LogP contribution in [0.4, 0.5) is 0 Å². The molecule has 0 aliphatic carbocycles. The van der Waals surface area contributed by atoms with Crippen LogP contribution >= 0.6 is 0 Å². The second-order valence-corrected chi connectivity index (χ2v) is 9.53. The highest BCUT2D eigenvalue weighted by atomic mass is 15.0. The number of aromatic nitrogens is 4. The molecule has 0 amide bonds. The van der Waals surface area contributed by atoms with Crippen molar-refractivity contribution in [1.82, 2.24) is 19.1 Å². The highest BCUT2D eigenvalue weighted by Crippen LogP contribution is 2.37. The Labute approximate surface area is 219 Å². The zero-order valence-corrected chi connectivity index (χ0v) is 20.5. The first-order valence-electron chi connectivity index (χ1n) is 12.8. The Kier molecular flexibility index (Phi) is 4.49. The summed E-state index contributed by atoms with van der Waals surface area (Å²) in [6.07, 6.45) is 1.85. The second kappa shape index (κ2) is 8.15. The number of fused-ring (bicyclic) bond motifs is 6. The molecule has 4 nitrogen and oxygen atoms in total. The maximum atomic E-state index is 5.29. The molecular weight excluding hydrogens is 464 g/mol. The van der Waals surface area contributed by atoms with Gasteiger partial charge in [-0.1, -0.05) is 78.9 Å². The van der Waals surface area contributed by atoms with Gasteiger partial charge in [-0.3, -0.25) is 4.98 Å². The molecule has 38 heavy (non-hydrogen) atoms. The minimum atomic E-state index is 0.914. The normalized spacial score (nSPS) is 11.7. The summed E-state index contributed by atoms with van der Waals surface area (Å²) in [4.78, 5) is 10.0. The molecule has 0 aliphatic rings. The highest BCUT2D eigenvalue weighted by Gasteiger charge is 2.20. The lowest BCUT2D eigenvalue weighted by molar-refractivity contribution is 1.16. The summed E-state index contributed by atoms with van der Waals surface area (Å²) in [5.41, 5.74) is 11.7. The smallest absolute Gasteiger partial charge is 0.116 e. The quantitative estimate of drug-likeness (QED) is 0.252. The predicted octanol–water partition coefficient (Wildman–Crippen LogP) is 8.34. The number of hydrogen-bond donors (Lipinski definition) is 0. The number of nitrogens with zero attached hydrogens (tertiary/aromatic N) is 4. The molecule has 0 radical (unpaired) electrons. The monoisotopic (exact) mass is 486 g/mol. The molecule has 4 heteroatoms. The Balaban J connectivity index is 1.45. The second-order valence-electron chi connectivity index (χ2n) is 9.53. The molecule has 0 bridgehead atoms. The number of rotatable bonds is 3. The lowest BCUT2D eigenvalue weighted by Gasteiger charge is -2.10. The first-order chi connectivity index (χ1) is 18.9. The lowest BCUT2D eigenvalue weighted by Crippen LogP contribution is -1.96. The van der Waals surface area contributed by atoms with Gasteiger partial charge >= 0.3 is 0 Å². The van der Waals surface area contributed by atoms with E-state index in [1.165, 1.54) is 11.1 Å². The third kappa shape index (κ3) is 3.04. The summed E-state index contributed by atoms with van der Waals surface area (Å²) in [6.45, 7) is 0. The zero-order valence-electron chi connectivity index (χ0n) is 20.5. The van der Waals surface area contributed by atoms with E-state index < -0.39 is 0 Å². The van der Waals surface area contributed by atoms with Crippen LogP contribution in [0.2, 0.25) is 0 Å². The Morgan fingerprint density at radius 1 is 0.421 bits per heavy atom. The molecule has 0 fully saturated rings. The third-order valence-corrected chi connectivity index (χ3v) is 7.36. The van der Waals surface area contributed by atoms with E-state index in [-0.39, 0.29) is 0 Å². The molecular formula is C34H22N4. The van der Waals surface area contributed by atoms with Crippen LogP contribution in [-0.2, 0) is 0 Å². The molecule has 4 aromatic carbocycles. The average Bonchev–Trinajstić information content (AvgIpc) is 3.49. The Hall–Kier alpha value is -5.22. The SMILES string of the molecule is c1ccc(-c2ccc(-n3c4ccccc4c4nc5c6ncccc6n(-c6ccccc6)c5cc43)cc2)cc1. The number of para-hydroxylation sites is 2. The minimum Gasteiger partial charge on any atom is -0.308 e. The van der Waals surface area contributed by atoms with E-state index in [1.807, 2.05) is 24.4 Å². The standard InChI is InChI=1S/C34H22N4/c1-3-10-23(11-4-1)24-17-19-26(20-18-24)37-28-15-8-7-14-27(28)32-30(37)22-31-34(36-32)33-29(16-9-21-35-33)38(31)25-12-5-2-6-13-25/h1-22H. The van der Waals surface area contributed by atoms with Gasteiger partial charge in [-0.25, -0.2) is 4.98 Å². The maximum Gasteiger partial charge on any atom is 0.116 e. The van der Waals surface area contributed by atoms with E-state index in [0.29, 0.717) is 0 Å². The molecule has 178 valence electrons. The molecule has 0 N–H and O–H groups in total. The van der Waals surface area contributed by atoms with Crippen LogP contribution in [0, 0.1) is 0 Å². The number of pyridine rings is 2. The van der Waals surface area contributed by atoms with Crippen LogP contribution < -0.4 is 0 Å². The summed E-state index contributed by atoms with van der Waals surface area (Å²) in [7, 11) is 0. The summed E-state index contributed by atoms with van der Waals surface area (Å²) in [5.74, 6) is 0. The zero-order chi connectivity index (χ0) is 25.1. The van der Waals surface area contributed by atoms with E-state index >= 15 is 0 Å². The van der Waals surface area contributed by atoms with E-state index in [9.17, 15) is 0 Å². The van der Waals surface area contributed by atoms with Crippen LogP contribution in [-0.4, -0.2) is 19.1 Å². The summed E-state index contributed by atoms with van der Waals surface area (Å²) in [5, 5.41) is 1.13. The summed E-state index contributed by atoms with van der Waals surface area (Å²) in [6, 6.07) is 44.6. The van der Waals surface area contributed by atoms with E-state index in [2.05, 4.69) is 118 Å². The molecule has 8 aromatic rings. The molecule has 0 aliphatic heterocycles. The lowest BCUT2D eigenvalue weighted by atomic mass is 10.1. The first kappa shape index (κ1) is 20.9. The number of benzene rings is 4. The van der Waals surface area contributed by atoms with Crippen molar-refractivity contribution in [2.45, 2.75) is 0 Å². The molecule has 0 atom stereocenters. The first-order valence-corrected chi connectivity index (χ1v) is 12.8.